The van der Waals surface area contributed by atoms with Gasteiger partial charge in [0.15, 0.2) is 0 Å². The molecule has 0 radical (unpaired) electrons. The number of nitrogens with two attached hydrogens (primary N) is 1. The van der Waals surface area contributed by atoms with Crippen LogP contribution in [0.1, 0.15) is 37.3 Å². The zero-order valence-electron chi connectivity index (χ0n) is 10.5. The van der Waals surface area contributed by atoms with Crippen molar-refractivity contribution in [3.05, 3.63) is 34.3 Å². The molecule has 94 valence electrons. The summed E-state index contributed by atoms with van der Waals surface area (Å²) in [6, 6.07) is 6.86. The maximum absolute atomic E-state index is 6.29. The zero-order valence-corrected chi connectivity index (χ0v) is 11.2. The maximum atomic E-state index is 6.29. The fourth-order valence-electron chi connectivity index (χ4n) is 2.46. The molecule has 2 nitrogen and oxygen atoms in total. The van der Waals surface area contributed by atoms with Crippen molar-refractivity contribution in [3.8, 4) is 0 Å². The molecule has 2 N–H and O–H groups in total. The maximum Gasteiger partial charge on any atom is 0.0454 e. The summed E-state index contributed by atoms with van der Waals surface area (Å²) in [5.74, 6) is 0. The quantitative estimate of drug-likeness (QED) is 0.895. The lowest BCUT2D eigenvalue weighted by atomic mass is 10.0. The molecule has 1 fully saturated rings. The normalized spacial score (nSPS) is 21.7. The molecule has 0 aromatic heterocycles. The molecule has 0 saturated carbocycles. The minimum atomic E-state index is 0.556. The van der Waals surface area contributed by atoms with E-state index in [1.807, 2.05) is 6.07 Å². The monoisotopic (exact) mass is 252 g/mol. The predicted molar refractivity (Wildman–Crippen MR) is 73.1 cm³/mol. The second-order valence-electron chi connectivity index (χ2n) is 4.95. The highest BCUT2D eigenvalue weighted by atomic mass is 35.5. The van der Waals surface area contributed by atoms with Gasteiger partial charge < -0.3 is 5.73 Å². The molecule has 1 unspecified atom stereocenters. The Balaban J connectivity index is 2.07. The van der Waals surface area contributed by atoms with Crippen molar-refractivity contribution in [2.24, 2.45) is 5.73 Å². The summed E-state index contributed by atoms with van der Waals surface area (Å²) in [5, 5.41) is 0.853. The van der Waals surface area contributed by atoms with E-state index in [4.69, 9.17) is 17.3 Å². The van der Waals surface area contributed by atoms with Crippen LogP contribution in [-0.2, 0) is 13.1 Å². The smallest absolute Gasteiger partial charge is 0.0454 e. The summed E-state index contributed by atoms with van der Waals surface area (Å²) >= 11 is 6.29. The summed E-state index contributed by atoms with van der Waals surface area (Å²) in [4.78, 5) is 2.52. The molecule has 1 atom stereocenters. The molecule has 1 heterocycles. The van der Waals surface area contributed by atoms with E-state index in [0.717, 1.165) is 17.1 Å². The third-order valence-electron chi connectivity index (χ3n) is 3.67. The number of nitrogens with zero attached hydrogens (tertiary/aromatic N) is 1. The van der Waals surface area contributed by atoms with E-state index >= 15 is 0 Å². The highest BCUT2D eigenvalue weighted by molar-refractivity contribution is 6.31. The van der Waals surface area contributed by atoms with E-state index in [1.54, 1.807) is 0 Å². The molecule has 1 aromatic rings. The molecule has 0 aliphatic carbocycles. The lowest BCUT2D eigenvalue weighted by molar-refractivity contribution is 0.152. The first-order valence-electron chi connectivity index (χ1n) is 6.42. The summed E-state index contributed by atoms with van der Waals surface area (Å²) in [7, 11) is 0. The van der Waals surface area contributed by atoms with E-state index in [9.17, 15) is 0 Å². The van der Waals surface area contributed by atoms with Crippen LogP contribution in [0.3, 0.4) is 0 Å². The Morgan fingerprint density at radius 3 is 2.88 bits per heavy atom. The van der Waals surface area contributed by atoms with E-state index in [1.165, 1.54) is 31.4 Å². The zero-order chi connectivity index (χ0) is 12.3. The number of halogens is 1. The van der Waals surface area contributed by atoms with Gasteiger partial charge in [-0.15, -0.1) is 0 Å². The Bertz CT molecular complexity index is 378. The van der Waals surface area contributed by atoms with E-state index in [-0.39, 0.29) is 0 Å². The topological polar surface area (TPSA) is 29.3 Å². The van der Waals surface area contributed by atoms with Crippen LogP contribution < -0.4 is 5.73 Å². The number of hydrogen-bond acceptors (Lipinski definition) is 2. The third-order valence-corrected chi connectivity index (χ3v) is 4.02. The Morgan fingerprint density at radius 2 is 2.24 bits per heavy atom. The second kappa shape index (κ2) is 5.85. The first kappa shape index (κ1) is 12.9. The summed E-state index contributed by atoms with van der Waals surface area (Å²) in [5.41, 5.74) is 7.93. The highest BCUT2D eigenvalue weighted by Crippen LogP contribution is 2.23. The fraction of sp³-hybridized carbons (Fsp3) is 0.571. The standard InChI is InChI=1S/C14H21ClN2/c1-11-4-2-3-7-17(11)10-13-6-5-12(9-16)8-14(13)15/h5-6,8,11H,2-4,7,9-10,16H2,1H3. The summed E-state index contributed by atoms with van der Waals surface area (Å²) in [6.07, 6.45) is 3.97. The van der Waals surface area contributed by atoms with Gasteiger partial charge in [0.2, 0.25) is 0 Å². The molecule has 0 spiro atoms. The molecular weight excluding hydrogens is 232 g/mol. The third kappa shape index (κ3) is 3.21. The predicted octanol–water partition coefficient (Wildman–Crippen LogP) is 3.17. The van der Waals surface area contributed by atoms with Gasteiger partial charge in [0.05, 0.1) is 0 Å². The Morgan fingerprint density at radius 1 is 1.41 bits per heavy atom. The molecule has 0 amide bonds. The van der Waals surface area contributed by atoms with Gasteiger partial charge in [0.25, 0.3) is 0 Å². The van der Waals surface area contributed by atoms with Gasteiger partial charge in [-0.2, -0.15) is 0 Å². The van der Waals surface area contributed by atoms with Crippen molar-refractivity contribution < 1.29 is 0 Å². The largest absolute Gasteiger partial charge is 0.326 e. The molecule has 3 heteroatoms. The number of rotatable bonds is 3. The van der Waals surface area contributed by atoms with Crippen LogP contribution >= 0.6 is 11.6 Å². The van der Waals surface area contributed by atoms with Crippen molar-refractivity contribution in [3.63, 3.8) is 0 Å². The molecule has 17 heavy (non-hydrogen) atoms. The van der Waals surface area contributed by atoms with Crippen LogP contribution in [0.25, 0.3) is 0 Å². The Labute approximate surface area is 109 Å². The van der Waals surface area contributed by atoms with Crippen LogP contribution in [0.5, 0.6) is 0 Å². The van der Waals surface area contributed by atoms with Crippen molar-refractivity contribution in [1.82, 2.24) is 4.90 Å². The molecule has 1 aromatic carbocycles. The Kier molecular flexibility index (Phi) is 4.43. The van der Waals surface area contributed by atoms with Crippen LogP contribution in [0, 0.1) is 0 Å². The Hall–Kier alpha value is -0.570. The first-order valence-corrected chi connectivity index (χ1v) is 6.80. The van der Waals surface area contributed by atoms with Crippen molar-refractivity contribution >= 4 is 11.6 Å². The number of benzene rings is 1. The number of piperidine rings is 1. The van der Waals surface area contributed by atoms with E-state index in [2.05, 4.69) is 24.0 Å². The van der Waals surface area contributed by atoms with Gasteiger partial charge in [0.1, 0.15) is 0 Å². The van der Waals surface area contributed by atoms with Crippen LogP contribution in [0.15, 0.2) is 18.2 Å². The minimum Gasteiger partial charge on any atom is -0.326 e. The van der Waals surface area contributed by atoms with Gasteiger partial charge in [-0.3, -0.25) is 4.90 Å². The van der Waals surface area contributed by atoms with Crippen LogP contribution in [-0.4, -0.2) is 17.5 Å². The van der Waals surface area contributed by atoms with Gasteiger partial charge in [-0.25, -0.2) is 0 Å². The molecule has 1 aliphatic rings. The van der Waals surface area contributed by atoms with Gasteiger partial charge >= 0.3 is 0 Å². The highest BCUT2D eigenvalue weighted by Gasteiger charge is 2.18. The summed E-state index contributed by atoms with van der Waals surface area (Å²) < 4.78 is 0. The minimum absolute atomic E-state index is 0.556. The molecular formula is C14H21ClN2. The summed E-state index contributed by atoms with van der Waals surface area (Å²) in [6.45, 7) is 5.02. The van der Waals surface area contributed by atoms with E-state index in [0.29, 0.717) is 12.6 Å². The lowest BCUT2D eigenvalue weighted by Crippen LogP contribution is -2.36. The van der Waals surface area contributed by atoms with Gasteiger partial charge in [0, 0.05) is 24.2 Å². The van der Waals surface area contributed by atoms with Crippen LogP contribution in [0.2, 0.25) is 5.02 Å². The average molecular weight is 253 g/mol. The molecule has 1 aliphatic heterocycles. The fourth-order valence-corrected chi connectivity index (χ4v) is 2.72. The average Bonchev–Trinajstić information content (AvgIpc) is 2.34. The molecule has 1 saturated heterocycles. The number of likely N-dealkylation sites (tertiary alicyclic amines) is 1. The SMILES string of the molecule is CC1CCCCN1Cc1ccc(CN)cc1Cl. The van der Waals surface area contributed by atoms with Crippen LogP contribution in [0.4, 0.5) is 0 Å². The van der Waals surface area contributed by atoms with E-state index < -0.39 is 0 Å². The lowest BCUT2D eigenvalue weighted by Gasteiger charge is -2.33. The van der Waals surface area contributed by atoms with Crippen molar-refractivity contribution in [2.75, 3.05) is 6.54 Å². The number of hydrogen-bond donors (Lipinski definition) is 1. The van der Waals surface area contributed by atoms with Gasteiger partial charge in [-0.05, 0) is 43.5 Å². The molecule has 2 rings (SSSR count). The van der Waals surface area contributed by atoms with Crippen molar-refractivity contribution in [1.29, 1.82) is 0 Å². The first-order chi connectivity index (χ1) is 8.20. The molecule has 0 bridgehead atoms. The van der Waals surface area contributed by atoms with Crippen molar-refractivity contribution in [2.45, 2.75) is 45.3 Å². The van der Waals surface area contributed by atoms with Gasteiger partial charge in [-0.1, -0.05) is 30.2 Å². The second-order valence-corrected chi connectivity index (χ2v) is 5.35.